The SMILES string of the molecule is CNCCCN(C)Cc1ccc2c(c1)CCN2C. The maximum atomic E-state index is 3.19. The summed E-state index contributed by atoms with van der Waals surface area (Å²) in [4.78, 5) is 4.74. The van der Waals surface area contributed by atoms with E-state index in [-0.39, 0.29) is 0 Å². The van der Waals surface area contributed by atoms with Gasteiger partial charge in [-0.25, -0.2) is 0 Å². The van der Waals surface area contributed by atoms with Crippen molar-refractivity contribution in [2.24, 2.45) is 0 Å². The zero-order valence-electron chi connectivity index (χ0n) is 11.9. The van der Waals surface area contributed by atoms with Gasteiger partial charge in [-0.2, -0.15) is 0 Å². The number of nitrogens with zero attached hydrogens (tertiary/aromatic N) is 2. The Kier molecular flexibility index (Phi) is 4.61. The zero-order valence-corrected chi connectivity index (χ0v) is 11.9. The molecule has 1 aliphatic rings. The quantitative estimate of drug-likeness (QED) is 0.772. The number of nitrogens with one attached hydrogen (secondary N) is 1. The van der Waals surface area contributed by atoms with Crippen LogP contribution >= 0.6 is 0 Å². The number of benzene rings is 1. The summed E-state index contributed by atoms with van der Waals surface area (Å²) in [7, 11) is 6.39. The molecule has 2 rings (SSSR count). The van der Waals surface area contributed by atoms with Crippen molar-refractivity contribution in [3.05, 3.63) is 29.3 Å². The Hall–Kier alpha value is -1.06. The molecule has 3 nitrogen and oxygen atoms in total. The molecular weight excluding hydrogens is 222 g/mol. The number of hydrogen-bond donors (Lipinski definition) is 1. The molecule has 100 valence electrons. The van der Waals surface area contributed by atoms with E-state index in [2.05, 4.69) is 47.4 Å². The van der Waals surface area contributed by atoms with Crippen LogP contribution in [0.15, 0.2) is 18.2 Å². The van der Waals surface area contributed by atoms with E-state index in [0.29, 0.717) is 0 Å². The highest BCUT2D eigenvalue weighted by molar-refractivity contribution is 5.58. The zero-order chi connectivity index (χ0) is 13.0. The third-order valence-electron chi connectivity index (χ3n) is 3.69. The second-order valence-corrected chi connectivity index (χ2v) is 5.33. The second kappa shape index (κ2) is 6.21. The van der Waals surface area contributed by atoms with Crippen LogP contribution in [0.25, 0.3) is 0 Å². The minimum Gasteiger partial charge on any atom is -0.374 e. The largest absolute Gasteiger partial charge is 0.374 e. The first-order chi connectivity index (χ1) is 8.70. The van der Waals surface area contributed by atoms with E-state index in [0.717, 1.165) is 26.2 Å². The van der Waals surface area contributed by atoms with Crippen molar-refractivity contribution < 1.29 is 0 Å². The summed E-state index contributed by atoms with van der Waals surface area (Å²) in [5.41, 5.74) is 4.37. The second-order valence-electron chi connectivity index (χ2n) is 5.33. The Labute approximate surface area is 111 Å². The minimum atomic E-state index is 1.06. The molecule has 3 heteroatoms. The Balaban J connectivity index is 1.90. The molecule has 18 heavy (non-hydrogen) atoms. The summed E-state index contributed by atoms with van der Waals surface area (Å²) in [5, 5.41) is 3.19. The first-order valence-corrected chi connectivity index (χ1v) is 6.87. The normalized spacial score (nSPS) is 14.3. The fourth-order valence-electron chi connectivity index (χ4n) is 2.63. The van der Waals surface area contributed by atoms with E-state index in [1.54, 1.807) is 0 Å². The van der Waals surface area contributed by atoms with Crippen molar-refractivity contribution >= 4 is 5.69 Å². The monoisotopic (exact) mass is 247 g/mol. The standard InChI is InChI=1S/C15H25N3/c1-16-8-4-9-17(2)12-13-5-6-15-14(11-13)7-10-18(15)3/h5-6,11,16H,4,7-10,12H2,1-3H3. The first kappa shape index (κ1) is 13.4. The average Bonchev–Trinajstić information content (AvgIpc) is 2.71. The summed E-state index contributed by atoms with van der Waals surface area (Å²) < 4.78 is 0. The topological polar surface area (TPSA) is 18.5 Å². The molecule has 1 aliphatic heterocycles. The van der Waals surface area contributed by atoms with Crippen molar-refractivity contribution in [3.63, 3.8) is 0 Å². The Morgan fingerprint density at radius 1 is 1.39 bits per heavy atom. The minimum absolute atomic E-state index is 1.06. The average molecular weight is 247 g/mol. The summed E-state index contributed by atoms with van der Waals surface area (Å²) in [6.07, 6.45) is 2.41. The van der Waals surface area contributed by atoms with Crippen LogP contribution in [0, 0.1) is 0 Å². The van der Waals surface area contributed by atoms with Crippen molar-refractivity contribution in [1.29, 1.82) is 0 Å². The molecule has 0 fully saturated rings. The van der Waals surface area contributed by atoms with E-state index >= 15 is 0 Å². The van der Waals surface area contributed by atoms with Crippen LogP contribution in [-0.2, 0) is 13.0 Å². The third kappa shape index (κ3) is 3.24. The Bertz CT molecular complexity index is 389. The molecule has 0 radical (unpaired) electrons. The van der Waals surface area contributed by atoms with Crippen LogP contribution in [0.3, 0.4) is 0 Å². The van der Waals surface area contributed by atoms with E-state index in [1.165, 1.54) is 29.7 Å². The molecule has 0 aromatic heterocycles. The fourth-order valence-corrected chi connectivity index (χ4v) is 2.63. The van der Waals surface area contributed by atoms with Gasteiger partial charge in [0.05, 0.1) is 0 Å². The number of anilines is 1. The Morgan fingerprint density at radius 3 is 3.00 bits per heavy atom. The molecule has 0 atom stereocenters. The van der Waals surface area contributed by atoms with Crippen LogP contribution in [0.1, 0.15) is 17.5 Å². The summed E-state index contributed by atoms with van der Waals surface area (Å²) in [6.45, 7) is 4.47. The lowest BCUT2D eigenvalue weighted by molar-refractivity contribution is 0.321. The van der Waals surface area contributed by atoms with E-state index in [4.69, 9.17) is 0 Å². The van der Waals surface area contributed by atoms with Gasteiger partial charge in [-0.15, -0.1) is 0 Å². The van der Waals surface area contributed by atoms with Crippen molar-refractivity contribution in [1.82, 2.24) is 10.2 Å². The molecule has 1 N–H and O–H groups in total. The molecule has 1 heterocycles. The predicted molar refractivity (Wildman–Crippen MR) is 78.3 cm³/mol. The molecule has 0 bridgehead atoms. The fraction of sp³-hybridized carbons (Fsp3) is 0.600. The smallest absolute Gasteiger partial charge is 0.0397 e. The number of rotatable bonds is 6. The van der Waals surface area contributed by atoms with Crippen LogP contribution < -0.4 is 10.2 Å². The van der Waals surface area contributed by atoms with E-state index in [1.807, 2.05) is 7.05 Å². The predicted octanol–water partition coefficient (Wildman–Crippen LogP) is 1.72. The Morgan fingerprint density at radius 2 is 2.22 bits per heavy atom. The van der Waals surface area contributed by atoms with Crippen LogP contribution in [-0.4, -0.2) is 45.7 Å². The summed E-state index contributed by atoms with van der Waals surface area (Å²) in [6, 6.07) is 6.93. The highest BCUT2D eigenvalue weighted by atomic mass is 15.1. The molecule has 1 aromatic rings. The van der Waals surface area contributed by atoms with Gasteiger partial charge in [0.25, 0.3) is 0 Å². The summed E-state index contributed by atoms with van der Waals surface area (Å²) in [5.74, 6) is 0. The van der Waals surface area contributed by atoms with Gasteiger partial charge in [-0.1, -0.05) is 12.1 Å². The number of hydrogen-bond acceptors (Lipinski definition) is 3. The first-order valence-electron chi connectivity index (χ1n) is 6.87. The van der Waals surface area contributed by atoms with Crippen LogP contribution in [0.4, 0.5) is 5.69 Å². The number of likely N-dealkylation sites (N-methyl/N-ethyl adjacent to an activating group) is 1. The van der Waals surface area contributed by atoms with E-state index < -0.39 is 0 Å². The molecule has 0 saturated carbocycles. The summed E-state index contributed by atoms with van der Waals surface area (Å²) >= 11 is 0. The lowest BCUT2D eigenvalue weighted by Gasteiger charge is -2.18. The van der Waals surface area contributed by atoms with Gasteiger partial charge in [0.1, 0.15) is 0 Å². The number of fused-ring (bicyclic) bond motifs is 1. The van der Waals surface area contributed by atoms with Gasteiger partial charge >= 0.3 is 0 Å². The van der Waals surface area contributed by atoms with Gasteiger partial charge < -0.3 is 15.1 Å². The lowest BCUT2D eigenvalue weighted by Crippen LogP contribution is -2.22. The van der Waals surface area contributed by atoms with Gasteiger partial charge in [-0.05, 0) is 57.2 Å². The van der Waals surface area contributed by atoms with E-state index in [9.17, 15) is 0 Å². The highest BCUT2D eigenvalue weighted by Gasteiger charge is 2.15. The maximum absolute atomic E-state index is 3.19. The van der Waals surface area contributed by atoms with Gasteiger partial charge in [0.2, 0.25) is 0 Å². The van der Waals surface area contributed by atoms with Gasteiger partial charge in [-0.3, -0.25) is 0 Å². The van der Waals surface area contributed by atoms with Crippen molar-refractivity contribution in [3.8, 4) is 0 Å². The third-order valence-corrected chi connectivity index (χ3v) is 3.69. The van der Waals surface area contributed by atoms with Crippen molar-refractivity contribution in [2.45, 2.75) is 19.4 Å². The van der Waals surface area contributed by atoms with Crippen LogP contribution in [0.2, 0.25) is 0 Å². The molecule has 0 spiro atoms. The van der Waals surface area contributed by atoms with Gasteiger partial charge in [0, 0.05) is 25.8 Å². The molecule has 0 amide bonds. The van der Waals surface area contributed by atoms with Gasteiger partial charge in [0.15, 0.2) is 0 Å². The lowest BCUT2D eigenvalue weighted by atomic mass is 10.1. The molecule has 0 unspecified atom stereocenters. The molecule has 0 aliphatic carbocycles. The highest BCUT2D eigenvalue weighted by Crippen LogP contribution is 2.27. The molecule has 0 saturated heterocycles. The maximum Gasteiger partial charge on any atom is 0.0397 e. The van der Waals surface area contributed by atoms with Crippen LogP contribution in [0.5, 0.6) is 0 Å². The molecule has 1 aromatic carbocycles. The van der Waals surface area contributed by atoms with Crippen molar-refractivity contribution in [2.75, 3.05) is 45.7 Å². The molecular formula is C15H25N3.